The largest absolute Gasteiger partial charge is 0.550 e. The molecule has 0 saturated carbocycles. The van der Waals surface area contributed by atoms with E-state index in [1.165, 1.54) is 0 Å². The number of carbonyl (C=O) groups is 3. The van der Waals surface area contributed by atoms with E-state index in [2.05, 4.69) is 30.7 Å². The number of carboxylic acids is 1. The normalized spacial score (nSPS) is 20.7. The predicted molar refractivity (Wildman–Crippen MR) is 179 cm³/mol. The highest BCUT2D eigenvalue weighted by Crippen LogP contribution is 2.40. The Morgan fingerprint density at radius 3 is 2.17 bits per heavy atom. The first kappa shape index (κ1) is 34.7. The molecule has 1 aromatic heterocycles. The van der Waals surface area contributed by atoms with Crippen molar-refractivity contribution in [2.75, 3.05) is 6.61 Å². The second kappa shape index (κ2) is 13.5. The van der Waals surface area contributed by atoms with Crippen LogP contribution in [0.2, 0.25) is 0 Å². The van der Waals surface area contributed by atoms with Crippen LogP contribution in [0.1, 0.15) is 99.2 Å². The number of aromatic nitrogens is 2. The number of ether oxygens (including phenoxy) is 1. The Hall–Kier alpha value is -4.64. The molecular formula is C37H45N6O5-. The molecule has 1 fully saturated rings. The molecule has 1 saturated heterocycles. The van der Waals surface area contributed by atoms with Crippen molar-refractivity contribution in [3.63, 3.8) is 0 Å². The SMILES string of the molecule is CC(C)(C)C(=O)[O-].CC(C)(C)c1ccc(CN2C(=O)C(C[C@@H]3CCCO3)(c3ccccc3)N=C2N)cc1C(=O)N1Cc2nccnc2C1. The van der Waals surface area contributed by atoms with Crippen LogP contribution >= 0.6 is 0 Å². The number of carboxylic acid groups (broad SMARTS) is 1. The maximum absolute atomic E-state index is 14.2. The van der Waals surface area contributed by atoms with Gasteiger partial charge in [-0.2, -0.15) is 0 Å². The van der Waals surface area contributed by atoms with Crippen LogP contribution in [-0.4, -0.2) is 56.2 Å². The number of benzene rings is 2. The van der Waals surface area contributed by atoms with Gasteiger partial charge < -0.3 is 25.3 Å². The minimum atomic E-state index is -1.13. The van der Waals surface area contributed by atoms with E-state index in [1.807, 2.05) is 48.5 Å². The second-order valence-corrected chi connectivity index (χ2v) is 14.7. The molecule has 3 aromatic rings. The monoisotopic (exact) mass is 653 g/mol. The summed E-state index contributed by atoms with van der Waals surface area (Å²) in [5.41, 5.74) is 9.19. The standard InChI is InChI=1S/C32H36N6O3.C5H10O2/c1-31(2,3)25-12-11-21(16-24(25)28(39)37-19-26-27(20-37)35-14-13-34-26)18-38-29(40)32(36-30(38)33,17-23-10-7-15-41-23)22-8-5-4-6-9-22;1-5(2,3)4(6)7/h4-6,8-9,11-14,16,23H,7,10,15,17-20H2,1-3H3,(H2,33,36);1-3H3,(H,6,7)/p-1/t23-,32?;/m0./s1. The summed E-state index contributed by atoms with van der Waals surface area (Å²) >= 11 is 0. The molecule has 48 heavy (non-hydrogen) atoms. The van der Waals surface area contributed by atoms with Crippen molar-refractivity contribution >= 4 is 23.7 Å². The molecule has 6 rings (SSSR count). The predicted octanol–water partition coefficient (Wildman–Crippen LogP) is 3.83. The highest BCUT2D eigenvalue weighted by atomic mass is 16.5. The van der Waals surface area contributed by atoms with E-state index in [-0.39, 0.29) is 35.8 Å². The molecule has 2 aromatic carbocycles. The van der Waals surface area contributed by atoms with Crippen molar-refractivity contribution in [3.8, 4) is 0 Å². The van der Waals surface area contributed by atoms with Crippen molar-refractivity contribution in [2.24, 2.45) is 16.1 Å². The van der Waals surface area contributed by atoms with Crippen molar-refractivity contribution in [1.82, 2.24) is 19.8 Å². The smallest absolute Gasteiger partial charge is 0.262 e. The first-order valence-electron chi connectivity index (χ1n) is 16.4. The fourth-order valence-corrected chi connectivity index (χ4v) is 6.17. The van der Waals surface area contributed by atoms with Gasteiger partial charge in [-0.1, -0.05) is 84.0 Å². The Morgan fingerprint density at radius 2 is 1.62 bits per heavy atom. The number of guanidine groups is 1. The fourth-order valence-electron chi connectivity index (χ4n) is 6.17. The van der Waals surface area contributed by atoms with Gasteiger partial charge in [-0.15, -0.1) is 0 Å². The quantitative estimate of drug-likeness (QED) is 0.421. The van der Waals surface area contributed by atoms with Crippen LogP contribution in [0.25, 0.3) is 0 Å². The molecule has 1 unspecified atom stereocenters. The van der Waals surface area contributed by atoms with Gasteiger partial charge in [-0.3, -0.25) is 24.5 Å². The Kier molecular flexibility index (Phi) is 9.73. The fraction of sp³-hybridized carbons (Fsp3) is 0.459. The Morgan fingerprint density at radius 1 is 1.00 bits per heavy atom. The summed E-state index contributed by atoms with van der Waals surface area (Å²) in [6.45, 7) is 12.8. The number of fused-ring (bicyclic) bond motifs is 1. The van der Waals surface area contributed by atoms with Gasteiger partial charge in [0.25, 0.3) is 11.8 Å². The van der Waals surface area contributed by atoms with E-state index in [9.17, 15) is 19.5 Å². The lowest BCUT2D eigenvalue weighted by atomic mass is 9.82. The zero-order valence-electron chi connectivity index (χ0n) is 28.7. The van der Waals surface area contributed by atoms with Gasteiger partial charge in [0.1, 0.15) is 0 Å². The molecule has 0 bridgehead atoms. The lowest BCUT2D eigenvalue weighted by molar-refractivity contribution is -0.316. The minimum absolute atomic E-state index is 0.0560. The van der Waals surface area contributed by atoms with Crippen LogP contribution in [0, 0.1) is 5.41 Å². The molecule has 3 aliphatic rings. The number of nitrogens with zero attached hydrogens (tertiary/aromatic N) is 5. The molecule has 11 heteroatoms. The highest BCUT2D eigenvalue weighted by Gasteiger charge is 2.50. The third-order valence-corrected chi connectivity index (χ3v) is 8.88. The van der Waals surface area contributed by atoms with Crippen molar-refractivity contribution in [2.45, 2.75) is 97.5 Å². The van der Waals surface area contributed by atoms with Gasteiger partial charge in [0.05, 0.1) is 37.1 Å². The Balaban J connectivity index is 0.000000582. The molecule has 3 aliphatic heterocycles. The first-order valence-corrected chi connectivity index (χ1v) is 16.4. The molecule has 11 nitrogen and oxygen atoms in total. The summed E-state index contributed by atoms with van der Waals surface area (Å²) in [4.78, 5) is 54.9. The zero-order valence-corrected chi connectivity index (χ0v) is 28.7. The van der Waals surface area contributed by atoms with Gasteiger partial charge in [-0.25, -0.2) is 4.99 Å². The number of rotatable bonds is 6. The van der Waals surface area contributed by atoms with Gasteiger partial charge >= 0.3 is 0 Å². The third kappa shape index (κ3) is 7.26. The van der Waals surface area contributed by atoms with Gasteiger partial charge in [0.2, 0.25) is 0 Å². The molecule has 4 heterocycles. The lowest BCUT2D eigenvalue weighted by Gasteiger charge is -2.29. The van der Waals surface area contributed by atoms with Gasteiger partial charge in [0, 0.05) is 42.4 Å². The van der Waals surface area contributed by atoms with E-state index in [1.54, 1.807) is 43.0 Å². The number of hydrogen-bond donors (Lipinski definition) is 1. The molecule has 2 amide bonds. The number of aliphatic imine (C=N–C) groups is 1. The lowest BCUT2D eigenvalue weighted by Crippen LogP contribution is -2.44. The van der Waals surface area contributed by atoms with E-state index in [0.29, 0.717) is 31.7 Å². The van der Waals surface area contributed by atoms with Crippen LogP contribution in [-0.2, 0) is 44.9 Å². The maximum Gasteiger partial charge on any atom is 0.262 e. The van der Waals surface area contributed by atoms with Crippen LogP contribution < -0.4 is 10.8 Å². The molecule has 0 spiro atoms. The summed E-state index contributed by atoms with van der Waals surface area (Å²) in [5, 5.41) is 9.91. The number of nitrogens with two attached hydrogens (primary N) is 1. The molecular weight excluding hydrogens is 608 g/mol. The molecule has 0 radical (unpaired) electrons. The van der Waals surface area contributed by atoms with Crippen LogP contribution in [0.4, 0.5) is 0 Å². The van der Waals surface area contributed by atoms with Crippen LogP contribution in [0.15, 0.2) is 65.9 Å². The van der Waals surface area contributed by atoms with Crippen LogP contribution in [0.3, 0.4) is 0 Å². The van der Waals surface area contributed by atoms with Crippen molar-refractivity contribution < 1.29 is 24.2 Å². The molecule has 2 N–H and O–H groups in total. The van der Waals surface area contributed by atoms with Gasteiger partial charge in [-0.05, 0) is 41.0 Å². The van der Waals surface area contributed by atoms with E-state index >= 15 is 0 Å². The van der Waals surface area contributed by atoms with E-state index < -0.39 is 16.9 Å². The van der Waals surface area contributed by atoms with E-state index in [4.69, 9.17) is 15.5 Å². The molecule has 2 atom stereocenters. The Labute approximate surface area is 282 Å². The summed E-state index contributed by atoms with van der Waals surface area (Å²) in [6, 6.07) is 15.5. The summed E-state index contributed by atoms with van der Waals surface area (Å²) in [6.07, 6.45) is 5.56. The van der Waals surface area contributed by atoms with Crippen molar-refractivity contribution in [1.29, 1.82) is 0 Å². The number of carbonyl (C=O) groups excluding carboxylic acids is 3. The number of amides is 2. The average molecular weight is 654 g/mol. The van der Waals surface area contributed by atoms with E-state index in [0.717, 1.165) is 40.9 Å². The van der Waals surface area contributed by atoms with Crippen molar-refractivity contribution in [3.05, 3.63) is 94.6 Å². The first-order chi connectivity index (χ1) is 22.6. The van der Waals surface area contributed by atoms with Crippen LogP contribution in [0.5, 0.6) is 0 Å². The average Bonchev–Trinajstić information content (AvgIpc) is 3.77. The maximum atomic E-state index is 14.2. The minimum Gasteiger partial charge on any atom is -0.550 e. The molecule has 254 valence electrons. The zero-order chi connectivity index (χ0) is 34.9. The summed E-state index contributed by atoms with van der Waals surface area (Å²) in [5.74, 6) is -1.08. The molecule has 0 aliphatic carbocycles. The Bertz CT molecular complexity index is 1680. The number of aliphatic carboxylic acids is 1. The summed E-state index contributed by atoms with van der Waals surface area (Å²) in [7, 11) is 0. The summed E-state index contributed by atoms with van der Waals surface area (Å²) < 4.78 is 5.93. The number of hydrogen-bond acceptors (Lipinski definition) is 9. The third-order valence-electron chi connectivity index (χ3n) is 8.88. The second-order valence-electron chi connectivity index (χ2n) is 14.7. The van der Waals surface area contributed by atoms with Gasteiger partial charge in [0.15, 0.2) is 11.5 Å². The highest BCUT2D eigenvalue weighted by molar-refractivity contribution is 6.07. The topological polar surface area (TPSA) is 154 Å².